The standard InChI is InChI=1S/C15H22N2O2/c1-14(2)9-17(10-15(3,4)19-14)13(18)11-6-5-7-12(16)8-11/h5-8H,9-10,16H2,1-4H3. The number of hydrogen-bond acceptors (Lipinski definition) is 3. The number of rotatable bonds is 1. The van der Waals surface area contributed by atoms with Gasteiger partial charge in [0, 0.05) is 24.3 Å². The zero-order valence-corrected chi connectivity index (χ0v) is 12.1. The van der Waals surface area contributed by atoms with Crippen molar-refractivity contribution in [1.29, 1.82) is 0 Å². The van der Waals surface area contributed by atoms with E-state index in [0.717, 1.165) is 0 Å². The highest BCUT2D eigenvalue weighted by molar-refractivity contribution is 5.95. The molecule has 1 fully saturated rings. The first-order valence-corrected chi connectivity index (χ1v) is 6.54. The van der Waals surface area contributed by atoms with Gasteiger partial charge in [-0.25, -0.2) is 0 Å². The van der Waals surface area contributed by atoms with E-state index >= 15 is 0 Å². The van der Waals surface area contributed by atoms with Crippen molar-refractivity contribution < 1.29 is 9.53 Å². The van der Waals surface area contributed by atoms with E-state index in [0.29, 0.717) is 24.3 Å². The summed E-state index contributed by atoms with van der Waals surface area (Å²) in [5.74, 6) is 0.0109. The Morgan fingerprint density at radius 1 is 1.21 bits per heavy atom. The molecule has 0 spiro atoms. The third kappa shape index (κ3) is 3.26. The zero-order valence-electron chi connectivity index (χ0n) is 12.1. The molecule has 1 saturated heterocycles. The van der Waals surface area contributed by atoms with Crippen LogP contribution in [0.3, 0.4) is 0 Å². The molecular weight excluding hydrogens is 240 g/mol. The monoisotopic (exact) mass is 262 g/mol. The fraction of sp³-hybridized carbons (Fsp3) is 0.533. The number of nitrogen functional groups attached to an aromatic ring is 1. The van der Waals surface area contributed by atoms with Crippen molar-refractivity contribution in [2.45, 2.75) is 38.9 Å². The van der Waals surface area contributed by atoms with Crippen LogP contribution in [0.15, 0.2) is 24.3 Å². The van der Waals surface area contributed by atoms with Crippen LogP contribution in [0, 0.1) is 0 Å². The molecule has 0 bridgehead atoms. The molecule has 1 aliphatic heterocycles. The van der Waals surface area contributed by atoms with Crippen LogP contribution in [-0.2, 0) is 4.74 Å². The lowest BCUT2D eigenvalue weighted by Crippen LogP contribution is -2.58. The Hall–Kier alpha value is -1.55. The Bertz CT molecular complexity index is 479. The molecule has 0 saturated carbocycles. The Labute approximate surface area is 114 Å². The van der Waals surface area contributed by atoms with Gasteiger partial charge in [-0.15, -0.1) is 0 Å². The van der Waals surface area contributed by atoms with Gasteiger partial charge >= 0.3 is 0 Å². The Balaban J connectivity index is 2.24. The van der Waals surface area contributed by atoms with Crippen LogP contribution in [-0.4, -0.2) is 35.1 Å². The largest absolute Gasteiger partial charge is 0.399 e. The summed E-state index contributed by atoms with van der Waals surface area (Å²) in [5.41, 5.74) is 6.31. The average Bonchev–Trinajstić information content (AvgIpc) is 2.23. The molecule has 0 aromatic heterocycles. The van der Waals surface area contributed by atoms with Crippen molar-refractivity contribution in [2.24, 2.45) is 0 Å². The lowest BCUT2D eigenvalue weighted by Gasteiger charge is -2.47. The predicted molar refractivity (Wildman–Crippen MR) is 76.0 cm³/mol. The van der Waals surface area contributed by atoms with Gasteiger partial charge in [0.15, 0.2) is 0 Å². The van der Waals surface area contributed by atoms with Gasteiger partial charge in [-0.05, 0) is 45.9 Å². The quantitative estimate of drug-likeness (QED) is 0.790. The molecule has 0 atom stereocenters. The smallest absolute Gasteiger partial charge is 0.254 e. The molecule has 0 radical (unpaired) electrons. The molecule has 4 nitrogen and oxygen atoms in total. The summed E-state index contributed by atoms with van der Waals surface area (Å²) in [6.07, 6.45) is 0. The summed E-state index contributed by atoms with van der Waals surface area (Å²) in [5, 5.41) is 0. The third-order valence-corrected chi connectivity index (χ3v) is 3.12. The van der Waals surface area contributed by atoms with E-state index < -0.39 is 0 Å². The SMILES string of the molecule is CC1(C)CN(C(=O)c2cccc(N)c2)CC(C)(C)O1. The Morgan fingerprint density at radius 3 is 2.32 bits per heavy atom. The van der Waals surface area contributed by atoms with Crippen LogP contribution in [0.1, 0.15) is 38.1 Å². The number of amides is 1. The molecule has 1 heterocycles. The summed E-state index contributed by atoms with van der Waals surface area (Å²) in [4.78, 5) is 14.4. The highest BCUT2D eigenvalue weighted by Gasteiger charge is 2.40. The molecule has 1 aromatic carbocycles. The predicted octanol–water partition coefficient (Wildman–Crippen LogP) is 2.30. The van der Waals surface area contributed by atoms with Gasteiger partial charge in [0.05, 0.1) is 11.2 Å². The lowest BCUT2D eigenvalue weighted by molar-refractivity contribution is -0.171. The lowest BCUT2D eigenvalue weighted by atomic mass is 9.98. The maximum absolute atomic E-state index is 12.5. The fourth-order valence-corrected chi connectivity index (χ4v) is 2.79. The minimum Gasteiger partial charge on any atom is -0.399 e. The number of nitrogens with zero attached hydrogens (tertiary/aromatic N) is 1. The number of anilines is 1. The van der Waals surface area contributed by atoms with Crippen molar-refractivity contribution in [1.82, 2.24) is 4.90 Å². The van der Waals surface area contributed by atoms with Crippen molar-refractivity contribution in [2.75, 3.05) is 18.8 Å². The van der Waals surface area contributed by atoms with E-state index in [-0.39, 0.29) is 17.1 Å². The van der Waals surface area contributed by atoms with Gasteiger partial charge in [0.25, 0.3) is 5.91 Å². The second-order valence-electron chi connectivity index (χ2n) is 6.41. The van der Waals surface area contributed by atoms with Crippen molar-refractivity contribution in [3.8, 4) is 0 Å². The number of carbonyl (C=O) groups excluding carboxylic acids is 1. The molecule has 4 heteroatoms. The first-order valence-electron chi connectivity index (χ1n) is 6.54. The van der Waals surface area contributed by atoms with Gasteiger partial charge in [-0.2, -0.15) is 0 Å². The van der Waals surface area contributed by atoms with Gasteiger partial charge in [0.2, 0.25) is 0 Å². The van der Waals surface area contributed by atoms with E-state index in [1.165, 1.54) is 0 Å². The number of carbonyl (C=O) groups is 1. The van der Waals surface area contributed by atoms with E-state index in [1.807, 2.05) is 32.6 Å². The van der Waals surface area contributed by atoms with Crippen LogP contribution in [0.2, 0.25) is 0 Å². The summed E-state index contributed by atoms with van der Waals surface area (Å²) >= 11 is 0. The second kappa shape index (κ2) is 4.53. The minimum atomic E-state index is -0.336. The number of ether oxygens (including phenoxy) is 1. The highest BCUT2D eigenvalue weighted by atomic mass is 16.5. The topological polar surface area (TPSA) is 55.6 Å². The molecule has 1 amide bonds. The third-order valence-electron chi connectivity index (χ3n) is 3.12. The minimum absolute atomic E-state index is 0.0109. The summed E-state index contributed by atoms with van der Waals surface area (Å²) in [6.45, 7) is 9.20. The molecular formula is C15H22N2O2. The number of benzene rings is 1. The molecule has 0 unspecified atom stereocenters. The number of nitrogens with two attached hydrogens (primary N) is 1. The van der Waals surface area contributed by atoms with Gasteiger partial charge in [-0.1, -0.05) is 6.07 Å². The molecule has 1 aliphatic rings. The van der Waals surface area contributed by atoms with Crippen LogP contribution in [0.25, 0.3) is 0 Å². The number of hydrogen-bond donors (Lipinski definition) is 1. The fourth-order valence-electron chi connectivity index (χ4n) is 2.79. The second-order valence-corrected chi connectivity index (χ2v) is 6.41. The van der Waals surface area contributed by atoms with Gasteiger partial charge < -0.3 is 15.4 Å². The molecule has 2 N–H and O–H groups in total. The summed E-state index contributed by atoms with van der Waals surface area (Å²) in [7, 11) is 0. The molecule has 2 rings (SSSR count). The molecule has 1 aromatic rings. The van der Waals surface area contributed by atoms with Crippen LogP contribution >= 0.6 is 0 Å². The van der Waals surface area contributed by atoms with Crippen molar-refractivity contribution >= 4 is 11.6 Å². The van der Waals surface area contributed by atoms with Crippen molar-refractivity contribution in [3.63, 3.8) is 0 Å². The van der Waals surface area contributed by atoms with E-state index in [2.05, 4.69) is 0 Å². The Morgan fingerprint density at radius 2 is 1.79 bits per heavy atom. The normalized spacial score (nSPS) is 21.2. The van der Waals surface area contributed by atoms with E-state index in [9.17, 15) is 4.79 Å². The first-order chi connectivity index (χ1) is 8.69. The van der Waals surface area contributed by atoms with Gasteiger partial charge in [0.1, 0.15) is 0 Å². The van der Waals surface area contributed by atoms with Gasteiger partial charge in [-0.3, -0.25) is 4.79 Å². The van der Waals surface area contributed by atoms with Crippen molar-refractivity contribution in [3.05, 3.63) is 29.8 Å². The average molecular weight is 262 g/mol. The maximum Gasteiger partial charge on any atom is 0.254 e. The molecule has 19 heavy (non-hydrogen) atoms. The Kier molecular flexibility index (Phi) is 3.31. The maximum atomic E-state index is 12.5. The summed E-state index contributed by atoms with van der Waals surface area (Å²) < 4.78 is 5.98. The first kappa shape index (κ1) is 13.9. The summed E-state index contributed by atoms with van der Waals surface area (Å²) in [6, 6.07) is 7.11. The molecule has 0 aliphatic carbocycles. The van der Waals surface area contributed by atoms with Crippen LogP contribution in [0.4, 0.5) is 5.69 Å². The van der Waals surface area contributed by atoms with Crippen LogP contribution < -0.4 is 5.73 Å². The zero-order chi connectivity index (χ0) is 14.3. The molecule has 104 valence electrons. The van der Waals surface area contributed by atoms with E-state index in [1.54, 1.807) is 24.3 Å². The van der Waals surface area contributed by atoms with Crippen LogP contribution in [0.5, 0.6) is 0 Å². The van der Waals surface area contributed by atoms with E-state index in [4.69, 9.17) is 10.5 Å². The number of morpholine rings is 1. The highest BCUT2D eigenvalue weighted by Crippen LogP contribution is 2.29.